The van der Waals surface area contributed by atoms with Gasteiger partial charge in [-0.05, 0) is 34.8 Å². The molecule has 0 amide bonds. The molecule has 1 aliphatic rings. The Hall–Kier alpha value is -0.540. The molecular weight excluding hydrogens is 242 g/mol. The van der Waals surface area contributed by atoms with Crippen molar-refractivity contribution in [1.82, 2.24) is 0 Å². The van der Waals surface area contributed by atoms with Gasteiger partial charge in [-0.1, -0.05) is 18.6 Å². The summed E-state index contributed by atoms with van der Waals surface area (Å²) in [4.78, 5) is 0. The van der Waals surface area contributed by atoms with Crippen LogP contribution in [0.1, 0.15) is 24.8 Å². The third kappa shape index (κ3) is 1.35. The summed E-state index contributed by atoms with van der Waals surface area (Å²) in [5.74, 6) is 0.359. The molecule has 0 saturated heterocycles. The van der Waals surface area contributed by atoms with Gasteiger partial charge in [-0.15, -0.1) is 0 Å². The number of phenols is 1. The zero-order valence-electron chi connectivity index (χ0n) is 7.96. The molecule has 3 N–H and O–H groups in total. The summed E-state index contributed by atoms with van der Waals surface area (Å²) in [5.41, 5.74) is 6.83. The fourth-order valence-electron chi connectivity index (χ4n) is 2.13. The van der Waals surface area contributed by atoms with Crippen molar-refractivity contribution in [1.29, 1.82) is 0 Å². The van der Waals surface area contributed by atoms with Gasteiger partial charge in [0.1, 0.15) is 5.75 Å². The molecule has 14 heavy (non-hydrogen) atoms. The van der Waals surface area contributed by atoms with E-state index in [-0.39, 0.29) is 5.41 Å². The number of phenolic OH excluding ortho intramolecular Hbond substituents is 1. The lowest BCUT2D eigenvalue weighted by molar-refractivity contribution is 0.245. The number of para-hydroxylation sites is 1. The van der Waals surface area contributed by atoms with Crippen LogP contribution < -0.4 is 5.73 Å². The molecule has 1 fully saturated rings. The van der Waals surface area contributed by atoms with E-state index in [2.05, 4.69) is 15.9 Å². The standard InChI is InChI=1S/C11H14BrNO/c12-9-4-1-3-8(10(9)14)11(7-13)5-2-6-11/h1,3-4,14H,2,5-7,13H2. The van der Waals surface area contributed by atoms with E-state index >= 15 is 0 Å². The second kappa shape index (κ2) is 3.55. The Labute approximate surface area is 92.3 Å². The van der Waals surface area contributed by atoms with Crippen LogP contribution in [0.5, 0.6) is 5.75 Å². The summed E-state index contributed by atoms with van der Waals surface area (Å²) in [5, 5.41) is 9.93. The van der Waals surface area contributed by atoms with E-state index in [1.807, 2.05) is 18.2 Å². The lowest BCUT2D eigenvalue weighted by atomic mass is 9.64. The highest BCUT2D eigenvalue weighted by Gasteiger charge is 2.39. The third-order valence-electron chi connectivity index (χ3n) is 3.26. The minimum absolute atomic E-state index is 0.0356. The normalized spacial score (nSPS) is 19.0. The molecule has 0 unspecified atom stereocenters. The maximum atomic E-state index is 9.93. The first-order chi connectivity index (χ1) is 6.69. The van der Waals surface area contributed by atoms with Crippen LogP contribution in [0, 0.1) is 0 Å². The molecule has 1 aliphatic carbocycles. The monoisotopic (exact) mass is 255 g/mol. The molecule has 0 bridgehead atoms. The molecule has 76 valence electrons. The SMILES string of the molecule is NCC1(c2cccc(Br)c2O)CCC1. The lowest BCUT2D eigenvalue weighted by Crippen LogP contribution is -2.41. The minimum atomic E-state index is 0.0356. The Morgan fingerprint density at radius 1 is 1.43 bits per heavy atom. The van der Waals surface area contributed by atoms with Crippen LogP contribution in [0.15, 0.2) is 22.7 Å². The molecule has 0 atom stereocenters. The Morgan fingerprint density at radius 2 is 2.14 bits per heavy atom. The minimum Gasteiger partial charge on any atom is -0.506 e. The van der Waals surface area contributed by atoms with Crippen molar-refractivity contribution < 1.29 is 5.11 Å². The summed E-state index contributed by atoms with van der Waals surface area (Å²) >= 11 is 3.33. The molecule has 0 radical (unpaired) electrons. The third-order valence-corrected chi connectivity index (χ3v) is 3.90. The molecule has 3 heteroatoms. The van der Waals surface area contributed by atoms with Gasteiger partial charge in [0.2, 0.25) is 0 Å². The summed E-state index contributed by atoms with van der Waals surface area (Å²) in [7, 11) is 0. The molecule has 0 aliphatic heterocycles. The highest BCUT2D eigenvalue weighted by atomic mass is 79.9. The summed E-state index contributed by atoms with van der Waals surface area (Å²) < 4.78 is 0.759. The Kier molecular flexibility index (Phi) is 2.54. The van der Waals surface area contributed by atoms with Gasteiger partial charge in [-0.25, -0.2) is 0 Å². The van der Waals surface area contributed by atoms with E-state index in [9.17, 15) is 5.11 Å². The molecular formula is C11H14BrNO. The van der Waals surface area contributed by atoms with Gasteiger partial charge in [0.05, 0.1) is 4.47 Å². The van der Waals surface area contributed by atoms with E-state index < -0.39 is 0 Å². The van der Waals surface area contributed by atoms with Crippen molar-refractivity contribution in [2.24, 2.45) is 5.73 Å². The molecule has 1 saturated carbocycles. The Bertz CT molecular complexity index is 342. The van der Waals surface area contributed by atoms with Crippen molar-refractivity contribution >= 4 is 15.9 Å². The van der Waals surface area contributed by atoms with Gasteiger partial charge in [-0.2, -0.15) is 0 Å². The number of hydrogen-bond donors (Lipinski definition) is 2. The van der Waals surface area contributed by atoms with Gasteiger partial charge in [0, 0.05) is 17.5 Å². The average molecular weight is 256 g/mol. The fraction of sp³-hybridized carbons (Fsp3) is 0.455. The van der Waals surface area contributed by atoms with E-state index in [4.69, 9.17) is 5.73 Å². The van der Waals surface area contributed by atoms with Crippen molar-refractivity contribution in [2.75, 3.05) is 6.54 Å². The van der Waals surface area contributed by atoms with Crippen molar-refractivity contribution in [3.8, 4) is 5.75 Å². The van der Waals surface area contributed by atoms with E-state index in [0.29, 0.717) is 12.3 Å². The Morgan fingerprint density at radius 3 is 2.64 bits per heavy atom. The zero-order valence-corrected chi connectivity index (χ0v) is 9.55. The first-order valence-corrected chi connectivity index (χ1v) is 5.67. The first-order valence-electron chi connectivity index (χ1n) is 4.88. The van der Waals surface area contributed by atoms with E-state index in [0.717, 1.165) is 22.9 Å². The summed E-state index contributed by atoms with van der Waals surface area (Å²) in [6, 6.07) is 5.78. The maximum absolute atomic E-state index is 9.93. The van der Waals surface area contributed by atoms with E-state index in [1.54, 1.807) is 0 Å². The van der Waals surface area contributed by atoms with Gasteiger partial charge >= 0.3 is 0 Å². The molecule has 1 aromatic carbocycles. The van der Waals surface area contributed by atoms with Crippen LogP contribution in [-0.4, -0.2) is 11.7 Å². The maximum Gasteiger partial charge on any atom is 0.133 e. The Balaban J connectivity index is 2.45. The van der Waals surface area contributed by atoms with Crippen LogP contribution in [0.2, 0.25) is 0 Å². The van der Waals surface area contributed by atoms with Gasteiger partial charge in [-0.3, -0.25) is 0 Å². The molecule has 0 spiro atoms. The van der Waals surface area contributed by atoms with Crippen molar-refractivity contribution in [2.45, 2.75) is 24.7 Å². The van der Waals surface area contributed by atoms with Gasteiger partial charge in [0.25, 0.3) is 0 Å². The molecule has 0 aromatic heterocycles. The van der Waals surface area contributed by atoms with Crippen LogP contribution in [0.25, 0.3) is 0 Å². The second-order valence-corrected chi connectivity index (χ2v) is 4.83. The largest absolute Gasteiger partial charge is 0.506 e. The number of benzene rings is 1. The molecule has 0 heterocycles. The zero-order chi connectivity index (χ0) is 10.2. The fourth-order valence-corrected chi connectivity index (χ4v) is 2.50. The summed E-state index contributed by atoms with van der Waals surface area (Å²) in [6.45, 7) is 0.622. The number of hydrogen-bond acceptors (Lipinski definition) is 2. The van der Waals surface area contributed by atoms with Gasteiger partial charge < -0.3 is 10.8 Å². The highest BCUT2D eigenvalue weighted by molar-refractivity contribution is 9.10. The van der Waals surface area contributed by atoms with Crippen LogP contribution in [0.4, 0.5) is 0 Å². The topological polar surface area (TPSA) is 46.2 Å². The first kappa shape index (κ1) is 9.99. The molecule has 2 rings (SSSR count). The molecule has 2 nitrogen and oxygen atoms in total. The summed E-state index contributed by atoms with van der Waals surface area (Å²) in [6.07, 6.45) is 3.39. The highest BCUT2D eigenvalue weighted by Crippen LogP contribution is 2.47. The second-order valence-electron chi connectivity index (χ2n) is 3.97. The van der Waals surface area contributed by atoms with Gasteiger partial charge in [0.15, 0.2) is 0 Å². The van der Waals surface area contributed by atoms with Crippen LogP contribution >= 0.6 is 15.9 Å². The lowest BCUT2D eigenvalue weighted by Gasteiger charge is -2.41. The predicted octanol–water partition coefficient (Wildman–Crippen LogP) is 2.54. The number of nitrogens with two attached hydrogens (primary N) is 1. The van der Waals surface area contributed by atoms with E-state index in [1.165, 1.54) is 6.42 Å². The predicted molar refractivity (Wildman–Crippen MR) is 60.4 cm³/mol. The van der Waals surface area contributed by atoms with Crippen molar-refractivity contribution in [3.05, 3.63) is 28.2 Å². The quantitative estimate of drug-likeness (QED) is 0.854. The van der Waals surface area contributed by atoms with Crippen molar-refractivity contribution in [3.63, 3.8) is 0 Å². The molecule has 1 aromatic rings. The number of rotatable bonds is 2. The number of halogens is 1. The smallest absolute Gasteiger partial charge is 0.133 e. The number of aromatic hydroxyl groups is 1. The van der Waals surface area contributed by atoms with Crippen LogP contribution in [0.3, 0.4) is 0 Å². The average Bonchev–Trinajstić information content (AvgIpc) is 2.11. The van der Waals surface area contributed by atoms with Crippen LogP contribution in [-0.2, 0) is 5.41 Å².